The summed E-state index contributed by atoms with van der Waals surface area (Å²) < 4.78 is 0. The molecule has 0 spiro atoms. The van der Waals surface area contributed by atoms with Crippen molar-refractivity contribution in [2.45, 2.75) is 63.2 Å². The van der Waals surface area contributed by atoms with Crippen molar-refractivity contribution < 1.29 is 29.1 Å². The molecule has 11 heteroatoms. The number of Topliss-reactive ketones (excluding diaryl/α,β-unsaturated/α-hetero) is 1. The molecule has 1 heterocycles. The maximum atomic E-state index is 13.8. The highest BCUT2D eigenvalue weighted by Gasteiger charge is 2.59. The molecule has 0 bridgehead atoms. The van der Waals surface area contributed by atoms with Gasteiger partial charge in [-0.3, -0.25) is 24.1 Å². The molecule has 1 aromatic rings. The second kappa shape index (κ2) is 12.3. The summed E-state index contributed by atoms with van der Waals surface area (Å²) in [5.41, 5.74) is 10.4. The third-order valence-corrected chi connectivity index (χ3v) is 6.80. The van der Waals surface area contributed by atoms with Gasteiger partial charge in [0.05, 0.1) is 18.1 Å². The van der Waals surface area contributed by atoms with Crippen LogP contribution in [-0.2, 0) is 30.4 Å². The van der Waals surface area contributed by atoms with Gasteiger partial charge < -0.3 is 21.9 Å². The number of amides is 3. The Balaban J connectivity index is 2.64. The van der Waals surface area contributed by atoms with Gasteiger partial charge in [0.25, 0.3) is 0 Å². The summed E-state index contributed by atoms with van der Waals surface area (Å²) in [6.07, 6.45) is 1.48. The molecule has 1 saturated heterocycles. The first-order valence-corrected chi connectivity index (χ1v) is 12.9. The van der Waals surface area contributed by atoms with E-state index in [0.29, 0.717) is 10.5 Å². The first-order chi connectivity index (χ1) is 16.5. The molecule has 3 amide bonds. The zero-order valence-electron chi connectivity index (χ0n) is 20.2. The van der Waals surface area contributed by atoms with Gasteiger partial charge in [0.1, 0.15) is 0 Å². The largest absolute Gasteiger partial charge is 0.479 e. The third kappa shape index (κ3) is 6.28. The highest BCUT2D eigenvalue weighted by atomic mass is 32.2. The number of hydrogen-bond acceptors (Lipinski definition) is 8. The van der Waals surface area contributed by atoms with Crippen LogP contribution in [0.3, 0.4) is 0 Å². The van der Waals surface area contributed by atoms with Crippen LogP contribution in [0.2, 0.25) is 0 Å². The van der Waals surface area contributed by atoms with Gasteiger partial charge in [-0.25, -0.2) is 4.79 Å². The molecule has 0 radical (unpaired) electrons. The Kier molecular flexibility index (Phi) is 9.99. The van der Waals surface area contributed by atoms with E-state index in [1.165, 1.54) is 11.8 Å². The molecule has 1 aliphatic rings. The second-order valence-electron chi connectivity index (χ2n) is 9.01. The number of ketones is 1. The third-order valence-electron chi connectivity index (χ3n) is 6.18. The van der Waals surface area contributed by atoms with Gasteiger partial charge in [-0.15, -0.1) is 0 Å². The molecule has 4 unspecified atom stereocenters. The van der Waals surface area contributed by atoms with E-state index >= 15 is 0 Å². The van der Waals surface area contributed by atoms with Crippen molar-refractivity contribution in [3.63, 3.8) is 0 Å². The number of thioether (sulfide) groups is 1. The number of carboxylic acid groups (broad SMARTS) is 1. The molecule has 0 saturated carbocycles. The van der Waals surface area contributed by atoms with Crippen LogP contribution in [-0.4, -0.2) is 75.2 Å². The van der Waals surface area contributed by atoms with Gasteiger partial charge in [-0.05, 0) is 42.8 Å². The van der Waals surface area contributed by atoms with Crippen LogP contribution >= 0.6 is 11.8 Å². The van der Waals surface area contributed by atoms with Crippen molar-refractivity contribution in [2.75, 3.05) is 12.0 Å². The SMILES string of the molecule is CSCCC(C(=O)O)(C(=O)C1CCC(=O)N1)N(C(=O)C(N)Cc1ccccc1)C(=O)C(N)C(C)C. The molecule has 1 aliphatic heterocycles. The summed E-state index contributed by atoms with van der Waals surface area (Å²) in [5, 5.41) is 12.9. The number of nitrogens with one attached hydrogen (secondary N) is 1. The van der Waals surface area contributed by atoms with Crippen molar-refractivity contribution in [1.82, 2.24) is 10.2 Å². The number of hydrogen-bond donors (Lipinski definition) is 4. The van der Waals surface area contributed by atoms with Crippen LogP contribution in [0.4, 0.5) is 0 Å². The van der Waals surface area contributed by atoms with Gasteiger partial charge in [0.2, 0.25) is 23.3 Å². The van der Waals surface area contributed by atoms with Crippen LogP contribution in [0.1, 0.15) is 38.7 Å². The Labute approximate surface area is 209 Å². The van der Waals surface area contributed by atoms with E-state index in [4.69, 9.17) is 11.5 Å². The monoisotopic (exact) mass is 506 g/mol. The fourth-order valence-electron chi connectivity index (χ4n) is 4.04. The molecular formula is C24H34N4O6S. The number of nitrogens with two attached hydrogens (primary N) is 2. The number of carboxylic acids is 1. The van der Waals surface area contributed by atoms with Crippen LogP contribution in [0.25, 0.3) is 0 Å². The number of benzene rings is 1. The van der Waals surface area contributed by atoms with Crippen LogP contribution < -0.4 is 16.8 Å². The highest BCUT2D eigenvalue weighted by molar-refractivity contribution is 7.98. The standard InChI is InChI=1S/C24H34N4O6S/c1-14(2)19(26)22(32)28(21(31)16(25)13-15-7-5-4-6-8-15)24(23(33)34,11-12-35-3)20(30)17-9-10-18(29)27-17/h4-8,14,16-17,19H,9-13,25-26H2,1-3H3,(H,27,29)(H,33,34). The minimum atomic E-state index is -2.57. The number of nitrogens with zero attached hydrogens (tertiary/aromatic N) is 1. The maximum absolute atomic E-state index is 13.8. The highest BCUT2D eigenvalue weighted by Crippen LogP contribution is 2.30. The molecule has 6 N–H and O–H groups in total. The van der Waals surface area contributed by atoms with E-state index in [2.05, 4.69) is 5.32 Å². The number of carbonyl (C=O) groups is 5. The predicted molar refractivity (Wildman–Crippen MR) is 132 cm³/mol. The number of aliphatic carboxylic acids is 1. The summed E-state index contributed by atoms with van der Waals surface area (Å²) in [7, 11) is 0. The lowest BCUT2D eigenvalue weighted by Crippen LogP contribution is -2.71. The summed E-state index contributed by atoms with van der Waals surface area (Å²) >= 11 is 1.26. The average Bonchev–Trinajstić information content (AvgIpc) is 3.26. The number of imide groups is 1. The first-order valence-electron chi connectivity index (χ1n) is 11.5. The van der Waals surface area contributed by atoms with Gasteiger partial charge in [-0.1, -0.05) is 44.2 Å². The van der Waals surface area contributed by atoms with Gasteiger partial charge in [0, 0.05) is 6.42 Å². The Bertz CT molecular complexity index is 957. The van der Waals surface area contributed by atoms with E-state index in [1.54, 1.807) is 50.4 Å². The van der Waals surface area contributed by atoms with E-state index < -0.39 is 59.1 Å². The number of rotatable bonds is 12. The zero-order chi connectivity index (χ0) is 26.3. The number of carbonyl (C=O) groups excluding carboxylic acids is 4. The quantitative estimate of drug-likeness (QED) is 0.291. The summed E-state index contributed by atoms with van der Waals surface area (Å²) in [5.74, 6) is -5.30. The molecule has 1 aromatic carbocycles. The predicted octanol–water partition coefficient (Wildman–Crippen LogP) is 0.319. The Hall–Kier alpha value is -2.76. The Morgan fingerprint density at radius 2 is 1.80 bits per heavy atom. The van der Waals surface area contributed by atoms with E-state index in [0.717, 1.165) is 0 Å². The lowest BCUT2D eigenvalue weighted by atomic mass is 9.82. The minimum Gasteiger partial charge on any atom is -0.479 e. The van der Waals surface area contributed by atoms with Crippen molar-refractivity contribution in [2.24, 2.45) is 17.4 Å². The molecule has 192 valence electrons. The molecule has 1 fully saturated rings. The fourth-order valence-corrected chi connectivity index (χ4v) is 4.54. The fraction of sp³-hybridized carbons (Fsp3) is 0.542. The molecular weight excluding hydrogens is 472 g/mol. The molecule has 10 nitrogen and oxygen atoms in total. The summed E-state index contributed by atoms with van der Waals surface area (Å²) in [6.45, 7) is 3.30. The first kappa shape index (κ1) is 28.5. The lowest BCUT2D eigenvalue weighted by Gasteiger charge is -2.41. The van der Waals surface area contributed by atoms with Crippen molar-refractivity contribution >= 4 is 41.2 Å². The van der Waals surface area contributed by atoms with Crippen LogP contribution in [0.15, 0.2) is 30.3 Å². The lowest BCUT2D eigenvalue weighted by molar-refractivity contribution is -0.173. The molecule has 4 atom stereocenters. The summed E-state index contributed by atoms with van der Waals surface area (Å²) in [6, 6.07) is 5.10. The van der Waals surface area contributed by atoms with E-state index in [-0.39, 0.29) is 31.4 Å². The topological polar surface area (TPSA) is 173 Å². The molecule has 35 heavy (non-hydrogen) atoms. The van der Waals surface area contributed by atoms with Crippen LogP contribution in [0.5, 0.6) is 0 Å². The second-order valence-corrected chi connectivity index (χ2v) is 9.99. The average molecular weight is 507 g/mol. The van der Waals surface area contributed by atoms with Crippen molar-refractivity contribution in [3.8, 4) is 0 Å². The van der Waals surface area contributed by atoms with Gasteiger partial charge in [-0.2, -0.15) is 11.8 Å². The van der Waals surface area contributed by atoms with E-state index in [9.17, 15) is 29.1 Å². The molecule has 2 rings (SSSR count). The van der Waals surface area contributed by atoms with Gasteiger partial charge in [0.15, 0.2) is 5.78 Å². The maximum Gasteiger partial charge on any atom is 0.338 e. The summed E-state index contributed by atoms with van der Waals surface area (Å²) in [4.78, 5) is 66.2. The molecule has 0 aromatic heterocycles. The zero-order valence-corrected chi connectivity index (χ0v) is 21.0. The minimum absolute atomic E-state index is 0.0208. The van der Waals surface area contributed by atoms with Crippen LogP contribution in [0, 0.1) is 5.92 Å². The van der Waals surface area contributed by atoms with Crippen molar-refractivity contribution in [3.05, 3.63) is 35.9 Å². The Morgan fingerprint density at radius 3 is 2.29 bits per heavy atom. The van der Waals surface area contributed by atoms with Gasteiger partial charge >= 0.3 is 5.97 Å². The van der Waals surface area contributed by atoms with Crippen molar-refractivity contribution in [1.29, 1.82) is 0 Å². The Morgan fingerprint density at radius 1 is 1.17 bits per heavy atom. The normalized spacial score (nSPS) is 18.9. The molecule has 0 aliphatic carbocycles. The van der Waals surface area contributed by atoms with E-state index in [1.807, 2.05) is 0 Å². The smallest absolute Gasteiger partial charge is 0.338 e.